The normalized spacial score (nSPS) is 23.8. The number of unbranched alkanes of at least 4 members (excludes halogenated alkanes) is 2. The highest BCUT2D eigenvalue weighted by Crippen LogP contribution is 2.62. The summed E-state index contributed by atoms with van der Waals surface area (Å²) >= 11 is 0. The molecule has 1 fully saturated rings. The van der Waals surface area contributed by atoms with Crippen LogP contribution in [0, 0.1) is 17.8 Å². The summed E-state index contributed by atoms with van der Waals surface area (Å²) in [5.74, 6) is -0.475. The number of fused-ring (bicyclic) bond motifs is 4. The van der Waals surface area contributed by atoms with Gasteiger partial charge in [-0.15, -0.1) is 6.58 Å². The van der Waals surface area contributed by atoms with Crippen LogP contribution in [0.1, 0.15) is 77.2 Å². The standard InChI is InChI=1S/C51H59N3O8S/c1-6-29-59-51-46(54(5)63(57,58)45-21-13-18-35-19-14-26-52-49(35)45)33-43(53-62-50(2,3)4)41-31-37(17-9-11-27-55)40(20-10-12-28-56)47(48(41)51)42-32-39(24-25-44(42)61-51)60-38-23-22-34-15-7-8-16-36(34)30-38/h6-8,13-16,18-19,21-26,30-32,37,40,46-48,55-56H,1,9-12,17,20,27-29,33H2,2-5H3. The molecular weight excluding hydrogens is 815 g/mol. The van der Waals surface area contributed by atoms with Gasteiger partial charge in [0.2, 0.25) is 15.8 Å². The number of pyridine rings is 1. The Balaban J connectivity index is 1.34. The number of oxime groups is 1. The number of aliphatic hydroxyl groups is 2. The van der Waals surface area contributed by atoms with E-state index in [0.717, 1.165) is 47.6 Å². The highest BCUT2D eigenvalue weighted by molar-refractivity contribution is 7.89. The molecule has 0 bridgehead atoms. The molecule has 3 aliphatic rings. The Morgan fingerprint density at radius 1 is 0.905 bits per heavy atom. The number of likely N-dealkylation sites (N-methyl/N-ethyl adjacent to an activating group) is 1. The molecule has 0 saturated heterocycles. The van der Waals surface area contributed by atoms with Crippen molar-refractivity contribution in [2.24, 2.45) is 22.9 Å². The van der Waals surface area contributed by atoms with E-state index in [4.69, 9.17) is 24.2 Å². The summed E-state index contributed by atoms with van der Waals surface area (Å²) in [6.45, 7) is 10.1. The number of hydrogen-bond acceptors (Lipinski definition) is 10. The lowest BCUT2D eigenvalue weighted by Gasteiger charge is -2.59. The van der Waals surface area contributed by atoms with Gasteiger partial charge in [-0.2, -0.15) is 4.31 Å². The van der Waals surface area contributed by atoms with Crippen molar-refractivity contribution in [3.8, 4) is 17.2 Å². The molecule has 1 saturated carbocycles. The van der Waals surface area contributed by atoms with Gasteiger partial charge in [-0.05, 0) is 117 Å². The topological polar surface area (TPSA) is 140 Å². The van der Waals surface area contributed by atoms with E-state index in [1.807, 2.05) is 75.4 Å². The number of sulfonamides is 1. The Kier molecular flexibility index (Phi) is 13.1. The maximum atomic E-state index is 15.2. The number of aliphatic hydroxyl groups excluding tert-OH is 2. The molecule has 0 spiro atoms. The van der Waals surface area contributed by atoms with Gasteiger partial charge >= 0.3 is 0 Å². The molecule has 8 rings (SSSR count). The number of benzene rings is 4. The summed E-state index contributed by atoms with van der Waals surface area (Å²) in [5.41, 5.74) is 2.16. The zero-order valence-corrected chi connectivity index (χ0v) is 37.5. The first-order chi connectivity index (χ1) is 30.4. The lowest BCUT2D eigenvalue weighted by atomic mass is 9.55. The predicted molar refractivity (Wildman–Crippen MR) is 247 cm³/mol. The first-order valence-corrected chi connectivity index (χ1v) is 23.6. The van der Waals surface area contributed by atoms with Crippen LogP contribution in [-0.4, -0.2) is 77.9 Å². The van der Waals surface area contributed by atoms with E-state index in [1.165, 1.54) is 4.31 Å². The van der Waals surface area contributed by atoms with Gasteiger partial charge in [-0.25, -0.2) is 8.42 Å². The molecule has 1 aromatic heterocycles. The summed E-state index contributed by atoms with van der Waals surface area (Å²) in [6.07, 6.45) is 10.1. The van der Waals surface area contributed by atoms with Gasteiger partial charge in [-0.1, -0.05) is 78.7 Å². The van der Waals surface area contributed by atoms with Gasteiger partial charge in [-0.3, -0.25) is 4.98 Å². The Bertz CT molecular complexity index is 2620. The monoisotopic (exact) mass is 873 g/mol. The summed E-state index contributed by atoms with van der Waals surface area (Å²) < 4.78 is 52.8. The van der Waals surface area contributed by atoms with Crippen LogP contribution in [0.4, 0.5) is 0 Å². The van der Waals surface area contributed by atoms with E-state index >= 15 is 8.42 Å². The zero-order chi connectivity index (χ0) is 44.4. The van der Waals surface area contributed by atoms with Crippen LogP contribution in [0.25, 0.3) is 21.7 Å². The summed E-state index contributed by atoms with van der Waals surface area (Å²) in [6, 6.07) is 27.9. The lowest BCUT2D eigenvalue weighted by Crippen LogP contribution is -2.69. The average molecular weight is 874 g/mol. The molecule has 2 aliphatic carbocycles. The third-order valence-electron chi connectivity index (χ3n) is 12.7. The minimum Gasteiger partial charge on any atom is -0.460 e. The molecule has 12 heteroatoms. The quantitative estimate of drug-likeness (QED) is 0.0531. The Morgan fingerprint density at radius 2 is 1.62 bits per heavy atom. The van der Waals surface area contributed by atoms with E-state index in [1.54, 1.807) is 37.5 Å². The van der Waals surface area contributed by atoms with Crippen LogP contribution >= 0.6 is 0 Å². The van der Waals surface area contributed by atoms with Crippen molar-refractivity contribution >= 4 is 37.4 Å². The molecular formula is C51H59N3O8S. The van der Waals surface area contributed by atoms with Gasteiger partial charge in [0.25, 0.3) is 0 Å². The van der Waals surface area contributed by atoms with Crippen LogP contribution in [0.2, 0.25) is 0 Å². The lowest BCUT2D eigenvalue weighted by molar-refractivity contribution is -0.250. The van der Waals surface area contributed by atoms with Gasteiger partial charge in [0.1, 0.15) is 27.7 Å². The fourth-order valence-corrected chi connectivity index (χ4v) is 11.5. The van der Waals surface area contributed by atoms with E-state index in [-0.39, 0.29) is 48.9 Å². The largest absolute Gasteiger partial charge is 0.460 e. The number of allylic oxidation sites excluding steroid dienone is 1. The number of para-hydroxylation sites is 1. The molecule has 11 nitrogen and oxygen atoms in total. The van der Waals surface area contributed by atoms with Gasteiger partial charge in [0, 0.05) is 49.7 Å². The van der Waals surface area contributed by atoms with Crippen LogP contribution in [0.5, 0.6) is 17.2 Å². The van der Waals surface area contributed by atoms with Crippen LogP contribution in [0.15, 0.2) is 132 Å². The van der Waals surface area contributed by atoms with Crippen molar-refractivity contribution in [2.45, 2.75) is 94.0 Å². The van der Waals surface area contributed by atoms with Crippen molar-refractivity contribution in [3.63, 3.8) is 0 Å². The van der Waals surface area contributed by atoms with Crippen molar-refractivity contribution in [3.05, 3.63) is 127 Å². The molecule has 63 heavy (non-hydrogen) atoms. The zero-order valence-electron chi connectivity index (χ0n) is 36.7. The fraction of sp³-hybridized carbons (Fsp3) is 0.412. The first-order valence-electron chi connectivity index (χ1n) is 22.1. The summed E-state index contributed by atoms with van der Waals surface area (Å²) in [7, 11) is -2.67. The maximum absolute atomic E-state index is 15.2. The number of ether oxygens (including phenoxy) is 3. The van der Waals surface area contributed by atoms with Gasteiger partial charge < -0.3 is 29.3 Å². The second-order valence-corrected chi connectivity index (χ2v) is 19.9. The number of rotatable bonds is 17. The number of aromatic nitrogens is 1. The molecule has 332 valence electrons. The Labute approximate surface area is 371 Å². The van der Waals surface area contributed by atoms with Crippen molar-refractivity contribution in [1.82, 2.24) is 9.29 Å². The average Bonchev–Trinajstić information content (AvgIpc) is 3.28. The molecule has 0 radical (unpaired) electrons. The Hall–Kier alpha value is -5.11. The third-order valence-corrected chi connectivity index (χ3v) is 14.6. The molecule has 6 atom stereocenters. The fourth-order valence-electron chi connectivity index (χ4n) is 9.93. The van der Waals surface area contributed by atoms with Crippen LogP contribution < -0.4 is 9.47 Å². The summed E-state index contributed by atoms with van der Waals surface area (Å²) in [5, 5.41) is 27.7. The molecule has 6 unspecified atom stereocenters. The highest BCUT2D eigenvalue weighted by Gasteiger charge is 2.66. The Morgan fingerprint density at radius 3 is 2.38 bits per heavy atom. The highest BCUT2D eigenvalue weighted by atomic mass is 32.2. The number of hydrogen-bond donors (Lipinski definition) is 2. The second kappa shape index (κ2) is 18.5. The van der Waals surface area contributed by atoms with Crippen LogP contribution in [-0.2, 0) is 19.6 Å². The predicted octanol–water partition coefficient (Wildman–Crippen LogP) is 9.93. The van der Waals surface area contributed by atoms with E-state index < -0.39 is 33.4 Å². The molecule has 4 aromatic carbocycles. The second-order valence-electron chi connectivity index (χ2n) is 17.9. The smallest absolute Gasteiger partial charge is 0.245 e. The molecule has 2 heterocycles. The van der Waals surface area contributed by atoms with Crippen molar-refractivity contribution in [2.75, 3.05) is 26.9 Å². The molecule has 5 aromatic rings. The van der Waals surface area contributed by atoms with Gasteiger partial charge in [0.15, 0.2) is 0 Å². The van der Waals surface area contributed by atoms with Crippen LogP contribution in [0.3, 0.4) is 0 Å². The van der Waals surface area contributed by atoms with E-state index in [0.29, 0.717) is 46.7 Å². The van der Waals surface area contributed by atoms with Crippen molar-refractivity contribution in [1.29, 1.82) is 0 Å². The first kappa shape index (κ1) is 44.5. The minimum absolute atomic E-state index is 0.00184. The number of nitrogens with zero attached hydrogens (tertiary/aromatic N) is 3. The minimum atomic E-state index is -4.26. The van der Waals surface area contributed by atoms with Crippen molar-refractivity contribution < 1.29 is 37.7 Å². The third kappa shape index (κ3) is 8.89. The molecule has 1 aliphatic heterocycles. The summed E-state index contributed by atoms with van der Waals surface area (Å²) in [4.78, 5) is 10.8. The molecule has 2 N–H and O–H groups in total. The van der Waals surface area contributed by atoms with E-state index in [2.05, 4.69) is 35.8 Å². The maximum Gasteiger partial charge on any atom is 0.245 e. The van der Waals surface area contributed by atoms with Gasteiger partial charge in [0.05, 0.1) is 29.8 Å². The SMILES string of the molecule is C=CCOC12Oc3ccc(Oc4ccc5ccccc5c4)cc3C3C(CCCCO)C(CCCCO)C=C(C(=NOC(C)(C)C)CC1N(C)S(=O)(=O)c1cccc4cccnc14)C32. The molecule has 0 amide bonds. The van der Waals surface area contributed by atoms with E-state index in [9.17, 15) is 10.2 Å².